The van der Waals surface area contributed by atoms with E-state index in [9.17, 15) is 0 Å². The first-order chi connectivity index (χ1) is 6.75. The Morgan fingerprint density at radius 1 is 1.43 bits per heavy atom. The first kappa shape index (κ1) is 11.2. The molecular formula is C8H12BrN3O2. The maximum absolute atomic E-state index is 5.55. The quantitative estimate of drug-likeness (QED) is 0.808. The van der Waals surface area contributed by atoms with Crippen molar-refractivity contribution >= 4 is 21.7 Å². The van der Waals surface area contributed by atoms with E-state index in [2.05, 4.69) is 25.9 Å². The van der Waals surface area contributed by atoms with E-state index in [4.69, 9.17) is 15.2 Å². The van der Waals surface area contributed by atoms with Crippen LogP contribution in [0.1, 0.15) is 6.42 Å². The number of aromatic nitrogens is 2. The van der Waals surface area contributed by atoms with Gasteiger partial charge in [-0.25, -0.2) is 9.97 Å². The average molecular weight is 262 g/mol. The molecule has 6 heteroatoms. The molecule has 0 radical (unpaired) electrons. The Balaban J connectivity index is 2.46. The first-order valence-corrected chi connectivity index (χ1v) is 4.92. The van der Waals surface area contributed by atoms with E-state index in [-0.39, 0.29) is 0 Å². The molecule has 78 valence electrons. The molecule has 2 N–H and O–H groups in total. The largest absolute Gasteiger partial charge is 0.477 e. The van der Waals surface area contributed by atoms with Crippen LogP contribution in [-0.4, -0.2) is 30.3 Å². The molecule has 0 aliphatic rings. The predicted octanol–water partition coefficient (Wildman–Crippen LogP) is 1.24. The highest BCUT2D eigenvalue weighted by Gasteiger charge is 2.06. The number of nitrogens with two attached hydrogens (primary N) is 1. The number of ether oxygens (including phenoxy) is 2. The van der Waals surface area contributed by atoms with Gasteiger partial charge in [0.15, 0.2) is 0 Å². The van der Waals surface area contributed by atoms with Crippen LogP contribution in [0.5, 0.6) is 5.88 Å². The van der Waals surface area contributed by atoms with Crippen LogP contribution in [-0.2, 0) is 4.74 Å². The van der Waals surface area contributed by atoms with Gasteiger partial charge in [0.2, 0.25) is 5.88 Å². The summed E-state index contributed by atoms with van der Waals surface area (Å²) in [4.78, 5) is 7.73. The van der Waals surface area contributed by atoms with Crippen LogP contribution < -0.4 is 10.5 Å². The number of anilines is 1. The second kappa shape index (κ2) is 5.77. The third kappa shape index (κ3) is 3.12. The second-order valence-corrected chi connectivity index (χ2v) is 3.37. The average Bonchev–Trinajstić information content (AvgIpc) is 2.19. The molecular weight excluding hydrogens is 250 g/mol. The van der Waals surface area contributed by atoms with Gasteiger partial charge in [0, 0.05) is 20.1 Å². The summed E-state index contributed by atoms with van der Waals surface area (Å²) in [5.41, 5.74) is 5.55. The molecule has 1 rings (SSSR count). The predicted molar refractivity (Wildman–Crippen MR) is 56.1 cm³/mol. The molecule has 1 heterocycles. The lowest BCUT2D eigenvalue weighted by Gasteiger charge is -2.06. The molecule has 0 amide bonds. The number of nitrogen functional groups attached to an aromatic ring is 1. The number of methoxy groups -OCH3 is 1. The number of halogens is 1. The minimum atomic E-state index is 0.377. The normalized spacial score (nSPS) is 10.1. The van der Waals surface area contributed by atoms with E-state index >= 15 is 0 Å². The van der Waals surface area contributed by atoms with Gasteiger partial charge in [0.05, 0.1) is 6.61 Å². The molecule has 0 aliphatic carbocycles. The summed E-state index contributed by atoms with van der Waals surface area (Å²) < 4.78 is 10.8. The molecule has 0 atom stereocenters. The van der Waals surface area contributed by atoms with Gasteiger partial charge in [0.1, 0.15) is 16.6 Å². The standard InChI is InChI=1S/C8H12BrN3O2/c1-13-3-2-4-14-8-6(9)7(10)11-5-12-8/h5H,2-4H2,1H3,(H2,10,11,12). The van der Waals surface area contributed by atoms with Gasteiger partial charge < -0.3 is 15.2 Å². The summed E-state index contributed by atoms with van der Waals surface area (Å²) in [6, 6.07) is 0. The molecule has 0 saturated carbocycles. The fourth-order valence-corrected chi connectivity index (χ4v) is 1.16. The van der Waals surface area contributed by atoms with Crippen LogP contribution in [0.4, 0.5) is 5.82 Å². The minimum Gasteiger partial charge on any atom is -0.477 e. The number of hydrogen-bond acceptors (Lipinski definition) is 5. The highest BCUT2D eigenvalue weighted by molar-refractivity contribution is 9.10. The second-order valence-electron chi connectivity index (χ2n) is 2.57. The van der Waals surface area contributed by atoms with E-state index in [0.29, 0.717) is 29.4 Å². The van der Waals surface area contributed by atoms with Crippen LogP contribution in [0, 0.1) is 0 Å². The summed E-state index contributed by atoms with van der Waals surface area (Å²) in [5, 5.41) is 0. The fourth-order valence-electron chi connectivity index (χ4n) is 0.839. The zero-order valence-electron chi connectivity index (χ0n) is 7.86. The molecule has 0 spiro atoms. The van der Waals surface area contributed by atoms with Crippen LogP contribution in [0.2, 0.25) is 0 Å². The lowest BCUT2D eigenvalue weighted by Crippen LogP contribution is -2.04. The molecule has 0 unspecified atom stereocenters. The van der Waals surface area contributed by atoms with Crippen molar-refractivity contribution < 1.29 is 9.47 Å². The Kier molecular flexibility index (Phi) is 4.61. The van der Waals surface area contributed by atoms with Crippen molar-refractivity contribution in [3.63, 3.8) is 0 Å². The third-order valence-corrected chi connectivity index (χ3v) is 2.26. The van der Waals surface area contributed by atoms with Crippen molar-refractivity contribution in [2.45, 2.75) is 6.42 Å². The number of nitrogens with zero attached hydrogens (tertiary/aromatic N) is 2. The van der Waals surface area contributed by atoms with Crippen molar-refractivity contribution in [3.8, 4) is 5.88 Å². The topological polar surface area (TPSA) is 70.3 Å². The monoisotopic (exact) mass is 261 g/mol. The lowest BCUT2D eigenvalue weighted by atomic mass is 10.5. The summed E-state index contributed by atoms with van der Waals surface area (Å²) in [7, 11) is 1.65. The highest BCUT2D eigenvalue weighted by atomic mass is 79.9. The van der Waals surface area contributed by atoms with Gasteiger partial charge in [0.25, 0.3) is 0 Å². The maximum Gasteiger partial charge on any atom is 0.233 e. The highest BCUT2D eigenvalue weighted by Crippen LogP contribution is 2.25. The fraction of sp³-hybridized carbons (Fsp3) is 0.500. The van der Waals surface area contributed by atoms with Crippen molar-refractivity contribution in [1.29, 1.82) is 0 Å². The zero-order valence-corrected chi connectivity index (χ0v) is 9.45. The lowest BCUT2D eigenvalue weighted by molar-refractivity contribution is 0.170. The SMILES string of the molecule is COCCCOc1ncnc(N)c1Br. The van der Waals surface area contributed by atoms with E-state index in [1.165, 1.54) is 6.33 Å². The number of hydrogen-bond donors (Lipinski definition) is 1. The van der Waals surface area contributed by atoms with Crippen molar-refractivity contribution in [2.75, 3.05) is 26.1 Å². The Hall–Kier alpha value is -0.880. The summed E-state index contributed by atoms with van der Waals surface area (Å²) >= 11 is 3.24. The minimum absolute atomic E-state index is 0.377. The molecule has 0 aliphatic heterocycles. The summed E-state index contributed by atoms with van der Waals surface area (Å²) in [6.45, 7) is 1.21. The zero-order chi connectivity index (χ0) is 10.4. The third-order valence-electron chi connectivity index (χ3n) is 1.52. The molecule has 0 fully saturated rings. The molecule has 0 bridgehead atoms. The van der Waals surface area contributed by atoms with E-state index in [1.807, 2.05) is 0 Å². The van der Waals surface area contributed by atoms with E-state index in [0.717, 1.165) is 6.42 Å². The molecule has 1 aromatic rings. The van der Waals surface area contributed by atoms with Gasteiger partial charge in [-0.3, -0.25) is 0 Å². The van der Waals surface area contributed by atoms with Crippen molar-refractivity contribution in [3.05, 3.63) is 10.8 Å². The maximum atomic E-state index is 5.55. The van der Waals surface area contributed by atoms with Gasteiger partial charge >= 0.3 is 0 Å². The Bertz CT molecular complexity index is 296. The molecule has 0 saturated heterocycles. The van der Waals surface area contributed by atoms with E-state index < -0.39 is 0 Å². The van der Waals surface area contributed by atoms with Crippen LogP contribution in [0.15, 0.2) is 10.8 Å². The van der Waals surface area contributed by atoms with Gasteiger partial charge in [-0.1, -0.05) is 0 Å². The van der Waals surface area contributed by atoms with Gasteiger partial charge in [-0.15, -0.1) is 0 Å². The Morgan fingerprint density at radius 2 is 2.21 bits per heavy atom. The van der Waals surface area contributed by atoms with Crippen molar-refractivity contribution in [2.24, 2.45) is 0 Å². The van der Waals surface area contributed by atoms with Crippen LogP contribution in [0.25, 0.3) is 0 Å². The van der Waals surface area contributed by atoms with Crippen molar-refractivity contribution in [1.82, 2.24) is 9.97 Å². The molecule has 14 heavy (non-hydrogen) atoms. The summed E-state index contributed by atoms with van der Waals surface area (Å²) in [5.74, 6) is 0.843. The van der Waals surface area contributed by atoms with Gasteiger partial charge in [-0.2, -0.15) is 0 Å². The molecule has 0 aromatic carbocycles. The molecule has 5 nitrogen and oxygen atoms in total. The Labute approximate surface area is 90.8 Å². The number of rotatable bonds is 5. The van der Waals surface area contributed by atoms with E-state index in [1.54, 1.807) is 7.11 Å². The summed E-state index contributed by atoms with van der Waals surface area (Å²) in [6.07, 6.45) is 2.18. The van der Waals surface area contributed by atoms with Crippen LogP contribution >= 0.6 is 15.9 Å². The van der Waals surface area contributed by atoms with Gasteiger partial charge in [-0.05, 0) is 15.9 Å². The van der Waals surface area contributed by atoms with Crippen LogP contribution in [0.3, 0.4) is 0 Å². The smallest absolute Gasteiger partial charge is 0.233 e. The Morgan fingerprint density at radius 3 is 2.93 bits per heavy atom. The first-order valence-electron chi connectivity index (χ1n) is 4.13. The molecule has 1 aromatic heterocycles.